The van der Waals surface area contributed by atoms with Crippen LogP contribution in [-0.2, 0) is 4.74 Å². The third kappa shape index (κ3) is 4.07. The molecule has 0 bridgehead atoms. The van der Waals surface area contributed by atoms with Crippen LogP contribution in [0.4, 0.5) is 10.5 Å². The van der Waals surface area contributed by atoms with Gasteiger partial charge in [-0.1, -0.05) is 12.1 Å². The number of nitrogens with zero attached hydrogens (tertiary/aromatic N) is 1. The van der Waals surface area contributed by atoms with Crippen LogP contribution >= 0.6 is 0 Å². The summed E-state index contributed by atoms with van der Waals surface area (Å²) in [4.78, 5) is 14.5. The van der Waals surface area contributed by atoms with Gasteiger partial charge in [-0.3, -0.25) is 0 Å². The van der Waals surface area contributed by atoms with E-state index in [1.54, 1.807) is 7.11 Å². The summed E-state index contributed by atoms with van der Waals surface area (Å²) in [6, 6.07) is 5.81. The first-order chi connectivity index (χ1) is 12.1. The summed E-state index contributed by atoms with van der Waals surface area (Å²) in [5.74, 6) is 1.14. The highest BCUT2D eigenvalue weighted by molar-refractivity contribution is 5.92. The lowest BCUT2D eigenvalue weighted by atomic mass is 9.85. The molecule has 6 nitrogen and oxygen atoms in total. The van der Waals surface area contributed by atoms with E-state index in [9.17, 15) is 4.79 Å². The molecule has 2 saturated heterocycles. The van der Waals surface area contributed by atoms with Gasteiger partial charge in [0.05, 0.1) is 18.9 Å². The van der Waals surface area contributed by atoms with Gasteiger partial charge in [0.2, 0.25) is 0 Å². The second kappa shape index (κ2) is 8.06. The zero-order valence-electron chi connectivity index (χ0n) is 15.2. The predicted octanol–water partition coefficient (Wildman–Crippen LogP) is 2.75. The lowest BCUT2D eigenvalue weighted by Crippen LogP contribution is -2.50. The summed E-state index contributed by atoms with van der Waals surface area (Å²) in [6.07, 6.45) is 4.12. The molecule has 25 heavy (non-hydrogen) atoms. The van der Waals surface area contributed by atoms with Crippen LogP contribution in [0.1, 0.15) is 31.2 Å². The number of para-hydroxylation sites is 1. The Kier molecular flexibility index (Phi) is 5.81. The number of hydrogen-bond donors (Lipinski definition) is 2. The van der Waals surface area contributed by atoms with E-state index in [1.807, 2.05) is 30.0 Å². The van der Waals surface area contributed by atoms with E-state index in [4.69, 9.17) is 15.2 Å². The molecule has 1 aromatic rings. The molecule has 0 aromatic heterocycles. The first kappa shape index (κ1) is 18.0. The fraction of sp³-hybridized carbons (Fsp3) is 0.632. The second-order valence-electron chi connectivity index (χ2n) is 7.05. The van der Waals surface area contributed by atoms with Gasteiger partial charge in [0, 0.05) is 25.7 Å². The highest BCUT2D eigenvalue weighted by atomic mass is 16.5. The summed E-state index contributed by atoms with van der Waals surface area (Å²) in [6.45, 7) is 4.24. The van der Waals surface area contributed by atoms with Gasteiger partial charge in [0.25, 0.3) is 0 Å². The van der Waals surface area contributed by atoms with Crippen molar-refractivity contribution in [2.24, 2.45) is 11.7 Å². The SMILES string of the molecule is COc1cccc(C)c1NC(=O)N1CCC(C2OCCCC2N)CC1. The Hall–Kier alpha value is -1.79. The number of amides is 2. The van der Waals surface area contributed by atoms with Crippen molar-refractivity contribution >= 4 is 11.7 Å². The van der Waals surface area contributed by atoms with Crippen LogP contribution in [0.2, 0.25) is 0 Å². The van der Waals surface area contributed by atoms with Gasteiger partial charge in [-0.15, -0.1) is 0 Å². The van der Waals surface area contributed by atoms with Gasteiger partial charge in [-0.05, 0) is 50.2 Å². The Bertz CT molecular complexity index is 600. The van der Waals surface area contributed by atoms with Gasteiger partial charge < -0.3 is 25.4 Å². The van der Waals surface area contributed by atoms with Crippen LogP contribution in [0.5, 0.6) is 5.75 Å². The Morgan fingerprint density at radius 2 is 2.08 bits per heavy atom. The molecule has 2 fully saturated rings. The Morgan fingerprint density at radius 1 is 1.32 bits per heavy atom. The molecular weight excluding hydrogens is 318 g/mol. The minimum atomic E-state index is -0.0695. The van der Waals surface area contributed by atoms with Crippen molar-refractivity contribution in [2.45, 2.75) is 44.8 Å². The number of aryl methyl sites for hydroxylation is 1. The molecule has 0 aliphatic carbocycles. The maximum Gasteiger partial charge on any atom is 0.321 e. The number of anilines is 1. The zero-order valence-corrected chi connectivity index (χ0v) is 15.2. The third-order valence-corrected chi connectivity index (χ3v) is 5.39. The monoisotopic (exact) mass is 347 g/mol. The fourth-order valence-electron chi connectivity index (χ4n) is 3.90. The number of benzene rings is 1. The zero-order chi connectivity index (χ0) is 17.8. The maximum atomic E-state index is 12.6. The number of carbonyl (C=O) groups excluding carboxylic acids is 1. The minimum Gasteiger partial charge on any atom is -0.495 e. The molecule has 6 heteroatoms. The fourth-order valence-corrected chi connectivity index (χ4v) is 3.90. The normalized spacial score (nSPS) is 24.8. The second-order valence-corrected chi connectivity index (χ2v) is 7.05. The first-order valence-electron chi connectivity index (χ1n) is 9.17. The largest absolute Gasteiger partial charge is 0.495 e. The lowest BCUT2D eigenvalue weighted by molar-refractivity contribution is -0.0468. The number of carbonyl (C=O) groups is 1. The van der Waals surface area contributed by atoms with Crippen molar-refractivity contribution in [1.29, 1.82) is 0 Å². The van der Waals surface area contributed by atoms with Crippen LogP contribution < -0.4 is 15.8 Å². The molecule has 2 heterocycles. The maximum absolute atomic E-state index is 12.6. The van der Waals surface area contributed by atoms with Crippen LogP contribution in [-0.4, -0.2) is 49.9 Å². The summed E-state index contributed by atoms with van der Waals surface area (Å²) >= 11 is 0. The molecule has 0 spiro atoms. The van der Waals surface area contributed by atoms with Crippen molar-refractivity contribution < 1.29 is 14.3 Å². The van der Waals surface area contributed by atoms with E-state index in [0.717, 1.165) is 56.6 Å². The van der Waals surface area contributed by atoms with Crippen molar-refractivity contribution in [1.82, 2.24) is 4.90 Å². The molecule has 0 saturated carbocycles. The summed E-state index contributed by atoms with van der Waals surface area (Å²) < 4.78 is 11.3. The lowest BCUT2D eigenvalue weighted by Gasteiger charge is -2.40. The standard InChI is InChI=1S/C19H29N3O3/c1-13-5-3-7-16(24-2)17(13)21-19(23)22-10-8-14(9-11-22)18-15(20)6-4-12-25-18/h3,5,7,14-15,18H,4,6,8-12,20H2,1-2H3,(H,21,23). The van der Waals surface area contributed by atoms with E-state index < -0.39 is 0 Å². The quantitative estimate of drug-likeness (QED) is 0.881. The van der Waals surface area contributed by atoms with Gasteiger partial charge in [0.1, 0.15) is 5.75 Å². The van der Waals surface area contributed by atoms with Crippen LogP contribution in [0.3, 0.4) is 0 Å². The van der Waals surface area contributed by atoms with Crippen molar-refractivity contribution in [2.75, 3.05) is 32.1 Å². The molecule has 2 atom stereocenters. The number of likely N-dealkylation sites (tertiary alicyclic amines) is 1. The average Bonchev–Trinajstić information content (AvgIpc) is 2.64. The molecule has 2 amide bonds. The Morgan fingerprint density at radius 3 is 2.76 bits per heavy atom. The molecule has 3 rings (SSSR count). The molecule has 1 aromatic carbocycles. The molecule has 0 radical (unpaired) electrons. The number of piperidine rings is 1. The summed E-state index contributed by atoms with van der Waals surface area (Å²) in [5.41, 5.74) is 7.96. The highest BCUT2D eigenvalue weighted by Crippen LogP contribution is 2.30. The topological polar surface area (TPSA) is 76.8 Å². The molecular formula is C19H29N3O3. The summed E-state index contributed by atoms with van der Waals surface area (Å²) in [5, 5.41) is 3.01. The third-order valence-electron chi connectivity index (χ3n) is 5.39. The van der Waals surface area contributed by atoms with Crippen LogP contribution in [0, 0.1) is 12.8 Å². The van der Waals surface area contributed by atoms with Crippen LogP contribution in [0.15, 0.2) is 18.2 Å². The Balaban J connectivity index is 1.57. The molecule has 138 valence electrons. The summed E-state index contributed by atoms with van der Waals surface area (Å²) in [7, 11) is 1.61. The number of rotatable bonds is 3. The number of ether oxygens (including phenoxy) is 2. The number of urea groups is 1. The number of methoxy groups -OCH3 is 1. The predicted molar refractivity (Wildman–Crippen MR) is 98.0 cm³/mol. The Labute approximate surface area is 149 Å². The minimum absolute atomic E-state index is 0.0695. The highest BCUT2D eigenvalue weighted by Gasteiger charge is 2.34. The van der Waals surface area contributed by atoms with E-state index in [0.29, 0.717) is 11.7 Å². The smallest absolute Gasteiger partial charge is 0.321 e. The van der Waals surface area contributed by atoms with Crippen molar-refractivity contribution in [3.8, 4) is 5.75 Å². The number of nitrogens with one attached hydrogen (secondary N) is 1. The van der Waals surface area contributed by atoms with Gasteiger partial charge in [-0.25, -0.2) is 4.79 Å². The number of nitrogens with two attached hydrogens (primary N) is 1. The molecule has 2 aliphatic heterocycles. The van der Waals surface area contributed by atoms with Gasteiger partial charge in [-0.2, -0.15) is 0 Å². The average molecular weight is 347 g/mol. The van der Waals surface area contributed by atoms with Crippen molar-refractivity contribution in [3.05, 3.63) is 23.8 Å². The van der Waals surface area contributed by atoms with E-state index in [-0.39, 0.29) is 18.2 Å². The van der Waals surface area contributed by atoms with Gasteiger partial charge >= 0.3 is 6.03 Å². The first-order valence-corrected chi connectivity index (χ1v) is 9.17. The molecule has 3 N–H and O–H groups in total. The van der Waals surface area contributed by atoms with Crippen molar-refractivity contribution in [3.63, 3.8) is 0 Å². The molecule has 2 aliphatic rings. The van der Waals surface area contributed by atoms with E-state index in [2.05, 4.69) is 5.32 Å². The molecule has 2 unspecified atom stereocenters. The van der Waals surface area contributed by atoms with E-state index in [1.165, 1.54) is 0 Å². The van der Waals surface area contributed by atoms with Gasteiger partial charge in [0.15, 0.2) is 0 Å². The number of hydrogen-bond acceptors (Lipinski definition) is 4. The van der Waals surface area contributed by atoms with Crippen LogP contribution in [0.25, 0.3) is 0 Å². The van der Waals surface area contributed by atoms with E-state index >= 15 is 0 Å².